The van der Waals surface area contributed by atoms with Gasteiger partial charge in [-0.2, -0.15) is 18.3 Å². The number of fused-ring (bicyclic) bond motifs is 1. The molecule has 5 nitrogen and oxygen atoms in total. The lowest BCUT2D eigenvalue weighted by atomic mass is 9.96. The number of ether oxygens (including phenoxy) is 1. The Morgan fingerprint density at radius 3 is 2.88 bits per heavy atom. The Labute approximate surface area is 149 Å². The third-order valence-electron chi connectivity index (χ3n) is 4.43. The maximum atomic E-state index is 12.7. The average Bonchev–Trinajstić information content (AvgIpc) is 2.84. The molecule has 1 unspecified atom stereocenters. The maximum absolute atomic E-state index is 12.7. The normalized spacial score (nSPS) is 17.2. The first-order valence-corrected chi connectivity index (χ1v) is 8.44. The molecule has 2 aromatic rings. The number of carbonyl (C=O) groups is 1. The molecular weight excluding hydrogens is 347 g/mol. The topological polar surface area (TPSA) is 56.2 Å². The summed E-state index contributed by atoms with van der Waals surface area (Å²) in [6.45, 7) is 2.43. The number of carbonyl (C=O) groups excluding carboxylic acids is 1. The maximum Gasteiger partial charge on any atom is 0.435 e. The number of hydrogen-bond donors (Lipinski definition) is 1. The second-order valence-electron chi connectivity index (χ2n) is 6.33. The number of aryl methyl sites for hydroxylation is 1. The lowest BCUT2D eigenvalue weighted by Gasteiger charge is -2.14. The summed E-state index contributed by atoms with van der Waals surface area (Å²) >= 11 is 0. The minimum atomic E-state index is -4.47. The number of alkyl halides is 3. The lowest BCUT2D eigenvalue weighted by molar-refractivity contribution is -0.141. The van der Waals surface area contributed by atoms with Crippen LogP contribution in [-0.2, 0) is 23.9 Å². The first kappa shape index (κ1) is 18.3. The van der Waals surface area contributed by atoms with E-state index in [2.05, 4.69) is 10.4 Å². The van der Waals surface area contributed by atoms with E-state index < -0.39 is 11.9 Å². The summed E-state index contributed by atoms with van der Waals surface area (Å²) in [5, 5.41) is 6.35. The number of halogens is 3. The highest BCUT2D eigenvalue weighted by Crippen LogP contribution is 2.28. The standard InChI is InChI=1S/C18H20F3N3O2/c1-12-10-16(18(19,20)21)23-24(12)8-7-22-17(25)14-6-9-26-15-5-3-2-4-13(15)11-14/h2-5,10,14H,6-9,11H2,1H3,(H,22,25). The van der Waals surface area contributed by atoms with Gasteiger partial charge in [0.05, 0.1) is 13.2 Å². The van der Waals surface area contributed by atoms with Gasteiger partial charge >= 0.3 is 6.18 Å². The van der Waals surface area contributed by atoms with Crippen LogP contribution in [0.2, 0.25) is 0 Å². The molecule has 0 saturated heterocycles. The van der Waals surface area contributed by atoms with E-state index in [1.54, 1.807) is 6.92 Å². The van der Waals surface area contributed by atoms with E-state index in [1.807, 2.05) is 24.3 Å². The molecule has 0 saturated carbocycles. The largest absolute Gasteiger partial charge is 0.493 e. The van der Waals surface area contributed by atoms with Gasteiger partial charge in [0.15, 0.2) is 5.69 Å². The zero-order chi connectivity index (χ0) is 18.7. The van der Waals surface area contributed by atoms with Crippen LogP contribution in [0.25, 0.3) is 0 Å². The van der Waals surface area contributed by atoms with E-state index in [9.17, 15) is 18.0 Å². The Morgan fingerprint density at radius 1 is 1.38 bits per heavy atom. The summed E-state index contributed by atoms with van der Waals surface area (Å²) in [5.74, 6) is 0.462. The Bertz CT molecular complexity index is 786. The third-order valence-corrected chi connectivity index (χ3v) is 4.43. The predicted octanol–water partition coefficient (Wildman–Crippen LogP) is 2.97. The zero-order valence-corrected chi connectivity index (χ0v) is 14.3. The average molecular weight is 367 g/mol. The van der Waals surface area contributed by atoms with Gasteiger partial charge in [-0.15, -0.1) is 0 Å². The number of hydrogen-bond acceptors (Lipinski definition) is 3. The van der Waals surface area contributed by atoms with Crippen molar-refractivity contribution in [2.24, 2.45) is 5.92 Å². The van der Waals surface area contributed by atoms with Crippen LogP contribution < -0.4 is 10.1 Å². The van der Waals surface area contributed by atoms with E-state index >= 15 is 0 Å². The summed E-state index contributed by atoms with van der Waals surface area (Å²) in [7, 11) is 0. The van der Waals surface area contributed by atoms with Gasteiger partial charge in [0.1, 0.15) is 5.75 Å². The molecule has 1 N–H and O–H groups in total. The number of para-hydroxylation sites is 1. The van der Waals surface area contributed by atoms with Crippen LogP contribution in [0.5, 0.6) is 5.75 Å². The molecule has 0 bridgehead atoms. The number of aromatic nitrogens is 2. The molecule has 1 amide bonds. The number of amides is 1. The van der Waals surface area contributed by atoms with Crippen LogP contribution in [0.3, 0.4) is 0 Å². The van der Waals surface area contributed by atoms with Gasteiger partial charge in [-0.05, 0) is 37.5 Å². The van der Waals surface area contributed by atoms with Gasteiger partial charge in [-0.25, -0.2) is 0 Å². The molecule has 0 spiro atoms. The van der Waals surface area contributed by atoms with Gasteiger partial charge in [-0.1, -0.05) is 18.2 Å². The number of benzene rings is 1. The van der Waals surface area contributed by atoms with Crippen LogP contribution in [0.4, 0.5) is 13.2 Å². The van der Waals surface area contributed by atoms with Crippen LogP contribution >= 0.6 is 0 Å². The van der Waals surface area contributed by atoms with Crippen molar-refractivity contribution in [1.82, 2.24) is 15.1 Å². The summed E-state index contributed by atoms with van der Waals surface area (Å²) < 4.78 is 44.9. The van der Waals surface area contributed by atoms with Crippen LogP contribution in [0, 0.1) is 12.8 Å². The van der Waals surface area contributed by atoms with Crippen molar-refractivity contribution < 1.29 is 22.7 Å². The smallest absolute Gasteiger partial charge is 0.435 e. The molecule has 0 fully saturated rings. The van der Waals surface area contributed by atoms with Crippen molar-refractivity contribution in [3.8, 4) is 5.75 Å². The number of nitrogens with one attached hydrogen (secondary N) is 1. The van der Waals surface area contributed by atoms with Crippen molar-refractivity contribution in [2.75, 3.05) is 13.2 Å². The van der Waals surface area contributed by atoms with Gasteiger partial charge in [0, 0.05) is 18.2 Å². The van der Waals surface area contributed by atoms with Gasteiger partial charge in [-0.3, -0.25) is 9.48 Å². The highest BCUT2D eigenvalue weighted by molar-refractivity contribution is 5.79. The highest BCUT2D eigenvalue weighted by atomic mass is 19.4. The van der Waals surface area contributed by atoms with Crippen molar-refractivity contribution in [3.63, 3.8) is 0 Å². The number of rotatable bonds is 4. The van der Waals surface area contributed by atoms with Crippen LogP contribution in [-0.4, -0.2) is 28.8 Å². The first-order chi connectivity index (χ1) is 12.3. The van der Waals surface area contributed by atoms with E-state index in [0.29, 0.717) is 25.1 Å². The molecule has 8 heteroatoms. The molecule has 3 rings (SSSR count). The van der Waals surface area contributed by atoms with Gasteiger partial charge in [0.2, 0.25) is 5.91 Å². The Morgan fingerprint density at radius 2 is 2.15 bits per heavy atom. The minimum Gasteiger partial charge on any atom is -0.493 e. The molecular formula is C18H20F3N3O2. The van der Waals surface area contributed by atoms with Crippen molar-refractivity contribution in [1.29, 1.82) is 0 Å². The van der Waals surface area contributed by atoms with Crippen molar-refractivity contribution in [3.05, 3.63) is 47.3 Å². The predicted molar refractivity (Wildman–Crippen MR) is 88.7 cm³/mol. The zero-order valence-electron chi connectivity index (χ0n) is 14.3. The summed E-state index contributed by atoms with van der Waals surface area (Å²) in [6, 6.07) is 8.62. The number of nitrogens with zero attached hydrogens (tertiary/aromatic N) is 2. The van der Waals surface area contributed by atoms with Gasteiger partial charge in [0.25, 0.3) is 0 Å². The molecule has 1 atom stereocenters. The Hall–Kier alpha value is -2.51. The van der Waals surface area contributed by atoms with Crippen LogP contribution in [0.15, 0.2) is 30.3 Å². The summed E-state index contributed by atoms with van der Waals surface area (Å²) in [5.41, 5.74) is 0.477. The molecule has 0 aliphatic carbocycles. The van der Waals surface area contributed by atoms with E-state index in [-0.39, 0.29) is 24.9 Å². The Balaban J connectivity index is 1.55. The summed E-state index contributed by atoms with van der Waals surface area (Å²) in [6.07, 6.45) is -3.28. The molecule has 2 heterocycles. The quantitative estimate of drug-likeness (QED) is 0.904. The molecule has 1 aliphatic rings. The molecule has 1 aromatic carbocycles. The van der Waals surface area contributed by atoms with Crippen LogP contribution in [0.1, 0.15) is 23.4 Å². The van der Waals surface area contributed by atoms with Gasteiger partial charge < -0.3 is 10.1 Å². The summed E-state index contributed by atoms with van der Waals surface area (Å²) in [4.78, 5) is 12.4. The third kappa shape index (κ3) is 4.17. The highest BCUT2D eigenvalue weighted by Gasteiger charge is 2.34. The monoisotopic (exact) mass is 367 g/mol. The fourth-order valence-electron chi connectivity index (χ4n) is 3.02. The fourth-order valence-corrected chi connectivity index (χ4v) is 3.02. The minimum absolute atomic E-state index is 0.119. The second kappa shape index (κ2) is 7.39. The van der Waals surface area contributed by atoms with E-state index in [4.69, 9.17) is 4.74 Å². The SMILES string of the molecule is Cc1cc(C(F)(F)F)nn1CCNC(=O)C1CCOc2ccccc2C1. The van der Waals surface area contributed by atoms with Crippen molar-refractivity contribution in [2.45, 2.75) is 32.5 Å². The molecule has 1 aliphatic heterocycles. The first-order valence-electron chi connectivity index (χ1n) is 8.44. The molecule has 1 aromatic heterocycles. The molecule has 26 heavy (non-hydrogen) atoms. The fraction of sp³-hybridized carbons (Fsp3) is 0.444. The Kier molecular flexibility index (Phi) is 5.20. The van der Waals surface area contributed by atoms with E-state index in [1.165, 1.54) is 4.68 Å². The van der Waals surface area contributed by atoms with Crippen molar-refractivity contribution >= 4 is 5.91 Å². The molecule has 140 valence electrons. The lowest BCUT2D eigenvalue weighted by Crippen LogP contribution is -2.34. The van der Waals surface area contributed by atoms with E-state index in [0.717, 1.165) is 17.4 Å². The molecule has 0 radical (unpaired) electrons. The second-order valence-corrected chi connectivity index (χ2v) is 6.33.